The van der Waals surface area contributed by atoms with Gasteiger partial charge in [0.25, 0.3) is 0 Å². The van der Waals surface area contributed by atoms with Crippen molar-refractivity contribution in [3.05, 3.63) is 52.9 Å². The van der Waals surface area contributed by atoms with Crippen LogP contribution in [0.15, 0.2) is 24.3 Å². The van der Waals surface area contributed by atoms with Gasteiger partial charge in [0.15, 0.2) is 11.6 Å². The van der Waals surface area contributed by atoms with Gasteiger partial charge in [0, 0.05) is 29.3 Å². The molecule has 9 nitrogen and oxygen atoms in total. The van der Waals surface area contributed by atoms with Crippen molar-refractivity contribution in [2.24, 2.45) is 5.92 Å². The third-order valence-electron chi connectivity index (χ3n) is 7.99. The summed E-state index contributed by atoms with van der Waals surface area (Å²) >= 11 is 0. The zero-order valence-corrected chi connectivity index (χ0v) is 22.0. The molecule has 0 unspecified atom stereocenters. The fourth-order valence-corrected chi connectivity index (χ4v) is 6.13. The van der Waals surface area contributed by atoms with Gasteiger partial charge >= 0.3 is 12.1 Å². The highest BCUT2D eigenvalue weighted by Crippen LogP contribution is 2.43. The van der Waals surface area contributed by atoms with Crippen molar-refractivity contribution in [3.8, 4) is 5.75 Å². The molecule has 2 heterocycles. The van der Waals surface area contributed by atoms with Crippen LogP contribution in [0.4, 0.5) is 19.3 Å². The van der Waals surface area contributed by atoms with Crippen LogP contribution in [-0.4, -0.2) is 52.1 Å². The number of rotatable bonds is 5. The van der Waals surface area contributed by atoms with E-state index in [2.05, 4.69) is 0 Å². The Morgan fingerprint density at radius 1 is 1.15 bits per heavy atom. The van der Waals surface area contributed by atoms with E-state index >= 15 is 0 Å². The van der Waals surface area contributed by atoms with Gasteiger partial charge in [-0.2, -0.15) is 0 Å². The van der Waals surface area contributed by atoms with Gasteiger partial charge in [0.2, 0.25) is 0 Å². The maximum absolute atomic E-state index is 14.6. The standard InChI is InChI=1S/C28H31F2N3O6/c1-14-7-8-18-21(32(14)28(37)39-3)9-10-22-23(18)31-26(33(22)17-6-4-5-15(11-17)27(35)36)24(34)19-12-16(29)13-20(30)25(19)38-2/h9-10,12-15,17,24,34H,4-8,11H2,1-3H3,(H,35,36)/t14-,15+,17+,24-/m0/s1. The number of aryl methyl sites for hydroxylation is 1. The quantitative estimate of drug-likeness (QED) is 0.459. The van der Waals surface area contributed by atoms with E-state index in [1.165, 1.54) is 14.2 Å². The number of fused-ring (bicyclic) bond motifs is 3. The van der Waals surface area contributed by atoms with Crippen LogP contribution >= 0.6 is 0 Å². The first-order chi connectivity index (χ1) is 18.7. The van der Waals surface area contributed by atoms with E-state index in [9.17, 15) is 28.6 Å². The predicted molar refractivity (Wildman–Crippen MR) is 138 cm³/mol. The Labute approximate surface area is 224 Å². The molecule has 4 atom stereocenters. The first-order valence-corrected chi connectivity index (χ1v) is 13.0. The van der Waals surface area contributed by atoms with Gasteiger partial charge < -0.3 is 24.3 Å². The molecule has 1 saturated carbocycles. The normalized spacial score (nSPS) is 21.9. The highest BCUT2D eigenvalue weighted by atomic mass is 19.1. The summed E-state index contributed by atoms with van der Waals surface area (Å²) in [7, 11) is 2.55. The molecule has 5 rings (SSSR count). The van der Waals surface area contributed by atoms with Gasteiger partial charge in [-0.15, -0.1) is 0 Å². The Bertz CT molecular complexity index is 1440. The maximum Gasteiger partial charge on any atom is 0.414 e. The number of hydrogen-bond donors (Lipinski definition) is 2. The number of imidazole rings is 1. The number of carbonyl (C=O) groups is 2. The lowest BCUT2D eigenvalue weighted by Crippen LogP contribution is -2.42. The molecule has 2 aromatic carbocycles. The number of ether oxygens (including phenoxy) is 2. The number of carbonyl (C=O) groups excluding carboxylic acids is 1. The number of aliphatic carboxylic acids is 1. The maximum atomic E-state index is 14.6. The number of methoxy groups -OCH3 is 2. The van der Waals surface area contributed by atoms with Crippen molar-refractivity contribution in [1.29, 1.82) is 0 Å². The predicted octanol–water partition coefficient (Wildman–Crippen LogP) is 5.13. The monoisotopic (exact) mass is 543 g/mol. The molecule has 1 aromatic heterocycles. The number of hydrogen-bond acceptors (Lipinski definition) is 6. The lowest BCUT2D eigenvalue weighted by atomic mass is 9.85. The van der Waals surface area contributed by atoms with Crippen molar-refractivity contribution in [2.75, 3.05) is 19.1 Å². The topological polar surface area (TPSA) is 114 Å². The molecule has 0 spiro atoms. The molecule has 2 N–H and O–H groups in total. The fourth-order valence-electron chi connectivity index (χ4n) is 6.13. The van der Waals surface area contributed by atoms with Crippen LogP contribution in [0.5, 0.6) is 5.75 Å². The molecule has 1 fully saturated rings. The summed E-state index contributed by atoms with van der Waals surface area (Å²) in [4.78, 5) is 30.9. The van der Waals surface area contributed by atoms with Gasteiger partial charge in [0.05, 0.1) is 36.9 Å². The molecule has 0 bridgehead atoms. The number of amides is 1. The van der Waals surface area contributed by atoms with E-state index in [1.54, 1.807) is 21.6 Å². The number of carboxylic acid groups (broad SMARTS) is 1. The summed E-state index contributed by atoms with van der Waals surface area (Å²) in [6, 6.07) is 4.85. The minimum absolute atomic E-state index is 0.108. The van der Waals surface area contributed by atoms with Crippen molar-refractivity contribution < 1.29 is 38.1 Å². The molecule has 208 valence electrons. The molecule has 1 aliphatic carbocycles. The number of halogens is 2. The lowest BCUT2D eigenvalue weighted by molar-refractivity contribution is -0.143. The molecule has 39 heavy (non-hydrogen) atoms. The summed E-state index contributed by atoms with van der Waals surface area (Å²) in [6.45, 7) is 1.93. The summed E-state index contributed by atoms with van der Waals surface area (Å²) < 4.78 is 40.8. The van der Waals surface area contributed by atoms with Gasteiger partial charge in [-0.25, -0.2) is 18.6 Å². The number of carboxylic acids is 1. The van der Waals surface area contributed by atoms with E-state index in [0.717, 1.165) is 11.6 Å². The van der Waals surface area contributed by atoms with Crippen LogP contribution in [-0.2, 0) is 16.0 Å². The zero-order valence-electron chi connectivity index (χ0n) is 22.0. The van der Waals surface area contributed by atoms with Gasteiger partial charge in [-0.1, -0.05) is 6.42 Å². The summed E-state index contributed by atoms with van der Waals surface area (Å²) in [5.74, 6) is -3.48. The van der Waals surface area contributed by atoms with Crippen LogP contribution in [0.2, 0.25) is 0 Å². The highest BCUT2D eigenvalue weighted by molar-refractivity contribution is 5.95. The van der Waals surface area contributed by atoms with Gasteiger partial charge in [-0.05, 0) is 57.2 Å². The number of aliphatic hydroxyl groups excluding tert-OH is 1. The Morgan fingerprint density at radius 3 is 2.62 bits per heavy atom. The van der Waals surface area contributed by atoms with Crippen LogP contribution in [0.25, 0.3) is 11.0 Å². The van der Waals surface area contributed by atoms with E-state index in [0.29, 0.717) is 61.3 Å². The second-order valence-electron chi connectivity index (χ2n) is 10.3. The SMILES string of the molecule is COC(=O)N1c2ccc3c(nc([C@@H](O)c4cc(F)cc(F)c4OC)n3[C@@H]3CCC[C@@H](C(=O)O)C3)c2CC[C@@H]1C. The van der Waals surface area contributed by atoms with Crippen molar-refractivity contribution >= 4 is 28.8 Å². The zero-order chi connectivity index (χ0) is 28.0. The summed E-state index contributed by atoms with van der Waals surface area (Å²) in [6.07, 6.45) is 1.35. The van der Waals surface area contributed by atoms with Crippen LogP contribution < -0.4 is 9.64 Å². The number of aromatic nitrogens is 2. The average Bonchev–Trinajstić information content (AvgIpc) is 3.31. The van der Waals surface area contributed by atoms with Crippen molar-refractivity contribution in [1.82, 2.24) is 9.55 Å². The average molecular weight is 544 g/mol. The Kier molecular flexibility index (Phi) is 7.19. The smallest absolute Gasteiger partial charge is 0.414 e. The molecular formula is C28H31F2N3O6. The van der Waals surface area contributed by atoms with Crippen LogP contribution in [0.1, 0.15) is 68.1 Å². The fraction of sp³-hybridized carbons (Fsp3) is 0.464. The largest absolute Gasteiger partial charge is 0.493 e. The molecule has 2 aliphatic rings. The first kappa shape index (κ1) is 26.9. The molecule has 0 saturated heterocycles. The number of benzene rings is 2. The van der Waals surface area contributed by atoms with Crippen LogP contribution in [0, 0.1) is 17.6 Å². The Balaban J connectivity index is 1.73. The minimum Gasteiger partial charge on any atom is -0.493 e. The Hall–Kier alpha value is -3.73. The number of anilines is 1. The molecule has 11 heteroatoms. The van der Waals surface area contributed by atoms with Gasteiger partial charge in [-0.3, -0.25) is 9.69 Å². The van der Waals surface area contributed by atoms with Crippen LogP contribution in [0.3, 0.4) is 0 Å². The van der Waals surface area contributed by atoms with E-state index in [-0.39, 0.29) is 29.2 Å². The number of aliphatic hydroxyl groups is 1. The molecule has 0 radical (unpaired) electrons. The second-order valence-corrected chi connectivity index (χ2v) is 10.3. The first-order valence-electron chi connectivity index (χ1n) is 13.0. The van der Waals surface area contributed by atoms with E-state index in [1.807, 2.05) is 6.92 Å². The van der Waals surface area contributed by atoms with Crippen molar-refractivity contribution in [3.63, 3.8) is 0 Å². The summed E-state index contributed by atoms with van der Waals surface area (Å²) in [5, 5.41) is 21.3. The third kappa shape index (κ3) is 4.58. The second kappa shape index (κ2) is 10.4. The Morgan fingerprint density at radius 2 is 1.92 bits per heavy atom. The highest BCUT2D eigenvalue weighted by Gasteiger charge is 2.36. The van der Waals surface area contributed by atoms with Crippen molar-refractivity contribution in [2.45, 2.75) is 63.6 Å². The minimum atomic E-state index is -1.57. The molecule has 1 amide bonds. The van der Waals surface area contributed by atoms with E-state index in [4.69, 9.17) is 14.5 Å². The molecule has 3 aromatic rings. The summed E-state index contributed by atoms with van der Waals surface area (Å²) in [5.41, 5.74) is 2.48. The van der Waals surface area contributed by atoms with Gasteiger partial charge in [0.1, 0.15) is 17.7 Å². The molecule has 1 aliphatic heterocycles. The van der Waals surface area contributed by atoms with E-state index < -0.39 is 35.7 Å². The lowest BCUT2D eigenvalue weighted by Gasteiger charge is -2.34. The third-order valence-corrected chi connectivity index (χ3v) is 7.99. The molecular weight excluding hydrogens is 512 g/mol. The number of nitrogens with zero attached hydrogens (tertiary/aromatic N) is 3.